The minimum Gasteiger partial charge on any atom is -1.00 e. The largest absolute Gasteiger partial charge is 1.00 e. The van der Waals surface area contributed by atoms with Gasteiger partial charge in [0.25, 0.3) is 0 Å². The van der Waals surface area contributed by atoms with E-state index in [1.54, 1.807) is 17.6 Å². The minimum atomic E-state index is -2.56. The summed E-state index contributed by atoms with van der Waals surface area (Å²) in [6.45, 7) is 6.76. The fraction of sp³-hybridized carbons (Fsp3) is 0.147. The maximum Gasteiger partial charge on any atom is -1.00 e. The van der Waals surface area contributed by atoms with Crippen LogP contribution in [0.25, 0.3) is 11.1 Å². The van der Waals surface area contributed by atoms with Crippen molar-refractivity contribution in [2.24, 2.45) is 0 Å². The quantitative estimate of drug-likeness (QED) is 0.338. The van der Waals surface area contributed by atoms with E-state index >= 15 is 0 Å². The second-order valence-electron chi connectivity index (χ2n) is 9.96. The molecule has 0 N–H and O–H groups in total. The molecular formula is C34H30Cl2Zr. The van der Waals surface area contributed by atoms with Gasteiger partial charge in [-0.2, -0.15) is 0 Å². The number of benzene rings is 4. The van der Waals surface area contributed by atoms with Gasteiger partial charge in [-0.15, -0.1) is 0 Å². The summed E-state index contributed by atoms with van der Waals surface area (Å²) >= 11 is -2.56. The van der Waals surface area contributed by atoms with Gasteiger partial charge in [0.1, 0.15) is 0 Å². The van der Waals surface area contributed by atoms with Gasteiger partial charge in [-0.1, -0.05) is 0 Å². The summed E-state index contributed by atoms with van der Waals surface area (Å²) in [6.07, 6.45) is 6.07. The molecule has 37 heavy (non-hydrogen) atoms. The zero-order valence-corrected chi connectivity index (χ0v) is 25.4. The Labute approximate surface area is 241 Å². The molecule has 0 bridgehead atoms. The summed E-state index contributed by atoms with van der Waals surface area (Å²) in [4.78, 5) is 0. The molecule has 0 nitrogen and oxygen atoms in total. The van der Waals surface area contributed by atoms with Crippen LogP contribution in [0.5, 0.6) is 0 Å². The molecule has 0 unspecified atom stereocenters. The topological polar surface area (TPSA) is 0 Å². The molecule has 4 aromatic carbocycles. The molecule has 0 saturated carbocycles. The Morgan fingerprint density at radius 1 is 0.649 bits per heavy atom. The molecule has 0 amide bonds. The van der Waals surface area contributed by atoms with E-state index in [2.05, 4.69) is 130 Å². The number of hydrogen-bond donors (Lipinski definition) is 0. The standard InChI is InChI=1S/C15H13.C13H10.C6H7.2ClH.Zr/c1-10-3-5-14-12(7-10)9-13-8-11(2)4-6-15(13)14;1-3-7-12(8-4-1)11-13-9-5-2-6-10-13;1-6-4-2-3-5-6;;;/h3-9H,1-2H3;1-10H;4-5H,2H2,1H3;2*1H;/q;;;;;+2/p-2. The first kappa shape index (κ1) is 27.7. The Morgan fingerprint density at radius 3 is 1.57 bits per heavy atom. The van der Waals surface area contributed by atoms with Crippen molar-refractivity contribution < 1.29 is 46.1 Å². The molecule has 0 heterocycles. The van der Waals surface area contributed by atoms with Crippen molar-refractivity contribution in [3.8, 4) is 11.1 Å². The van der Waals surface area contributed by atoms with Gasteiger partial charge < -0.3 is 24.8 Å². The molecule has 0 radical (unpaired) electrons. The van der Waals surface area contributed by atoms with Crippen LogP contribution in [-0.2, 0) is 21.3 Å². The fourth-order valence-electron chi connectivity index (χ4n) is 5.84. The Morgan fingerprint density at radius 2 is 1.14 bits per heavy atom. The van der Waals surface area contributed by atoms with Crippen LogP contribution in [0.15, 0.2) is 118 Å². The van der Waals surface area contributed by atoms with Crippen molar-refractivity contribution in [2.45, 2.75) is 30.8 Å². The fourth-order valence-corrected chi connectivity index (χ4v) is 15.0. The van der Waals surface area contributed by atoms with Crippen LogP contribution in [0.2, 0.25) is 0 Å². The first-order valence-corrected chi connectivity index (χ1v) is 16.4. The number of rotatable bonds is 4. The van der Waals surface area contributed by atoms with Gasteiger partial charge in [0, 0.05) is 0 Å². The van der Waals surface area contributed by atoms with Gasteiger partial charge >= 0.3 is 218 Å². The molecule has 2 aliphatic rings. The van der Waals surface area contributed by atoms with Crippen molar-refractivity contribution in [3.63, 3.8) is 0 Å². The third-order valence-electron chi connectivity index (χ3n) is 7.40. The van der Waals surface area contributed by atoms with Crippen LogP contribution in [0.1, 0.15) is 50.4 Å². The molecular weight excluding hydrogens is 571 g/mol. The predicted octanol–water partition coefficient (Wildman–Crippen LogP) is 2.50. The molecule has 0 aromatic heterocycles. The Kier molecular flexibility index (Phi) is 8.70. The second-order valence-corrected chi connectivity index (χ2v) is 16.2. The van der Waals surface area contributed by atoms with Crippen molar-refractivity contribution in [2.75, 3.05) is 0 Å². The molecule has 0 atom stereocenters. The summed E-state index contributed by atoms with van der Waals surface area (Å²) in [6, 6.07) is 36.7. The van der Waals surface area contributed by atoms with Crippen LogP contribution in [0.4, 0.5) is 0 Å². The van der Waals surface area contributed by atoms with Crippen molar-refractivity contribution >= 4 is 3.21 Å². The molecule has 0 spiro atoms. The van der Waals surface area contributed by atoms with E-state index in [9.17, 15) is 0 Å². The van der Waals surface area contributed by atoms with Gasteiger partial charge in [0.15, 0.2) is 0 Å². The molecule has 3 heteroatoms. The second kappa shape index (κ2) is 11.6. The van der Waals surface area contributed by atoms with Gasteiger partial charge in [-0.3, -0.25) is 0 Å². The van der Waals surface area contributed by atoms with Gasteiger partial charge in [-0.25, -0.2) is 0 Å². The minimum absolute atomic E-state index is 0. The van der Waals surface area contributed by atoms with Crippen LogP contribution in [0.3, 0.4) is 0 Å². The van der Waals surface area contributed by atoms with E-state index < -0.39 is 21.3 Å². The number of halogens is 2. The van der Waals surface area contributed by atoms with E-state index in [0.717, 1.165) is 6.42 Å². The maximum absolute atomic E-state index is 2.56. The smallest absolute Gasteiger partial charge is 1.00 e. The van der Waals surface area contributed by atoms with E-state index in [0.29, 0.717) is 3.63 Å². The van der Waals surface area contributed by atoms with Crippen LogP contribution < -0.4 is 24.8 Å². The Bertz CT molecular complexity index is 1440. The monoisotopic (exact) mass is 598 g/mol. The van der Waals surface area contributed by atoms with Gasteiger partial charge in [0.05, 0.1) is 0 Å². The number of hydrogen-bond acceptors (Lipinski definition) is 0. The maximum atomic E-state index is 2.53. The molecule has 6 rings (SSSR count). The molecule has 184 valence electrons. The summed E-state index contributed by atoms with van der Waals surface area (Å²) in [5.74, 6) is 0. The Hall–Kier alpha value is -2.31. The van der Waals surface area contributed by atoms with E-state index in [1.165, 1.54) is 39.0 Å². The van der Waals surface area contributed by atoms with Crippen LogP contribution >= 0.6 is 0 Å². The van der Waals surface area contributed by atoms with Gasteiger partial charge in [-0.05, 0) is 0 Å². The number of aryl methyl sites for hydroxylation is 2. The normalized spacial score (nSPS) is 13.2. The van der Waals surface area contributed by atoms with Crippen LogP contribution in [0, 0.1) is 13.8 Å². The molecule has 0 saturated heterocycles. The molecule has 4 aromatic rings. The first-order valence-electron chi connectivity index (χ1n) is 12.5. The third-order valence-corrected chi connectivity index (χ3v) is 15.6. The predicted molar refractivity (Wildman–Crippen MR) is 146 cm³/mol. The molecule has 0 fully saturated rings. The zero-order chi connectivity index (χ0) is 23.9. The van der Waals surface area contributed by atoms with Crippen molar-refractivity contribution in [1.29, 1.82) is 0 Å². The average Bonchev–Trinajstić information content (AvgIpc) is 3.44. The van der Waals surface area contributed by atoms with E-state index in [-0.39, 0.29) is 24.8 Å². The first-order chi connectivity index (χ1) is 17.1. The summed E-state index contributed by atoms with van der Waals surface area (Å²) in [5.41, 5.74) is 12.9. The van der Waals surface area contributed by atoms with Crippen LogP contribution in [-0.4, -0.2) is 3.21 Å². The van der Waals surface area contributed by atoms with Gasteiger partial charge in [0.2, 0.25) is 0 Å². The average molecular weight is 601 g/mol. The number of fused-ring (bicyclic) bond motifs is 3. The van der Waals surface area contributed by atoms with E-state index in [1.807, 2.05) is 0 Å². The summed E-state index contributed by atoms with van der Waals surface area (Å²) < 4.78 is 3.80. The van der Waals surface area contributed by atoms with Crippen molar-refractivity contribution in [3.05, 3.63) is 151 Å². The molecule has 0 aliphatic heterocycles. The number of allylic oxidation sites excluding steroid dienone is 4. The summed E-state index contributed by atoms with van der Waals surface area (Å²) in [5, 5.41) is 0. The van der Waals surface area contributed by atoms with Crippen molar-refractivity contribution in [1.82, 2.24) is 0 Å². The molecule has 2 aliphatic carbocycles. The Balaban J connectivity index is 0.00000160. The third kappa shape index (κ3) is 5.20. The van der Waals surface area contributed by atoms with E-state index in [4.69, 9.17) is 0 Å². The SMILES string of the molecule is CC1=CC[C]([Zr+2](=[C](c2ccccc2)c2ccccc2)[CH]2c3cc(C)ccc3-c3ccc(C)cc32)=C1.[Cl-].[Cl-]. The summed E-state index contributed by atoms with van der Waals surface area (Å²) in [7, 11) is 0. The zero-order valence-electron chi connectivity index (χ0n) is 21.4.